The lowest BCUT2D eigenvalue weighted by Crippen LogP contribution is -2.38. The van der Waals surface area contributed by atoms with E-state index in [4.69, 9.17) is 4.84 Å². The standard InChI is InChI=1S/C14H17NO4/c1-14(2,3)13(18)19-15-11(16)9-7-4-5-8(6-7)10(9)12(15)17/h4-5,7-10H,6H2,1-3H3. The van der Waals surface area contributed by atoms with Gasteiger partial charge in [-0.3, -0.25) is 9.59 Å². The normalized spacial score (nSPS) is 36.1. The van der Waals surface area contributed by atoms with E-state index in [0.29, 0.717) is 5.06 Å². The molecule has 19 heavy (non-hydrogen) atoms. The third kappa shape index (κ3) is 1.64. The molecule has 0 N–H and O–H groups in total. The minimum Gasteiger partial charge on any atom is -0.330 e. The topological polar surface area (TPSA) is 63.7 Å². The van der Waals surface area contributed by atoms with Crippen molar-refractivity contribution in [2.75, 3.05) is 0 Å². The van der Waals surface area contributed by atoms with Gasteiger partial charge in [0.15, 0.2) is 0 Å². The average Bonchev–Trinajstić information content (AvgIpc) is 2.97. The van der Waals surface area contributed by atoms with E-state index in [1.165, 1.54) is 0 Å². The largest absolute Gasteiger partial charge is 0.338 e. The van der Waals surface area contributed by atoms with Crippen molar-refractivity contribution in [1.82, 2.24) is 5.06 Å². The molecule has 2 aliphatic carbocycles. The molecule has 3 rings (SSSR count). The van der Waals surface area contributed by atoms with Crippen LogP contribution in [0, 0.1) is 29.1 Å². The summed E-state index contributed by atoms with van der Waals surface area (Å²) in [6.07, 6.45) is 4.88. The Balaban J connectivity index is 1.81. The van der Waals surface area contributed by atoms with Crippen LogP contribution in [0.25, 0.3) is 0 Å². The van der Waals surface area contributed by atoms with Crippen LogP contribution in [0.2, 0.25) is 0 Å². The van der Waals surface area contributed by atoms with Crippen LogP contribution in [0.5, 0.6) is 0 Å². The second-order valence-corrected chi connectivity index (χ2v) is 6.60. The van der Waals surface area contributed by atoms with Gasteiger partial charge in [0.25, 0.3) is 11.8 Å². The van der Waals surface area contributed by atoms with Crippen LogP contribution in [0.4, 0.5) is 0 Å². The van der Waals surface area contributed by atoms with E-state index < -0.39 is 11.4 Å². The molecule has 102 valence electrons. The van der Waals surface area contributed by atoms with E-state index in [-0.39, 0.29) is 35.5 Å². The second kappa shape index (κ2) is 3.68. The Morgan fingerprint density at radius 3 is 2.05 bits per heavy atom. The fraction of sp³-hybridized carbons (Fsp3) is 0.643. The van der Waals surface area contributed by atoms with Gasteiger partial charge in [-0.15, -0.1) is 5.06 Å². The Hall–Kier alpha value is -1.65. The van der Waals surface area contributed by atoms with Gasteiger partial charge in [0.05, 0.1) is 17.3 Å². The number of hydrogen-bond donors (Lipinski definition) is 0. The zero-order valence-electron chi connectivity index (χ0n) is 11.3. The third-order valence-corrected chi connectivity index (χ3v) is 4.22. The van der Waals surface area contributed by atoms with E-state index >= 15 is 0 Å². The molecule has 3 aliphatic rings. The number of allylic oxidation sites excluding steroid dienone is 2. The number of hydrogen-bond acceptors (Lipinski definition) is 4. The minimum absolute atomic E-state index is 0.129. The van der Waals surface area contributed by atoms with Crippen molar-refractivity contribution < 1.29 is 19.2 Å². The van der Waals surface area contributed by atoms with Crippen molar-refractivity contribution in [2.24, 2.45) is 29.1 Å². The predicted octanol–water partition coefficient (Wildman–Crippen LogP) is 1.30. The number of rotatable bonds is 1. The molecule has 1 saturated carbocycles. The summed E-state index contributed by atoms with van der Waals surface area (Å²) in [5.74, 6) is -1.66. The molecule has 4 atom stereocenters. The SMILES string of the molecule is CC(C)(C)C(=O)ON1C(=O)C2C3C=CC(C3)C2C1=O. The lowest BCUT2D eigenvalue weighted by molar-refractivity contribution is -0.205. The number of fused-ring (bicyclic) bond motifs is 5. The molecule has 0 spiro atoms. The van der Waals surface area contributed by atoms with Gasteiger partial charge in [0.1, 0.15) is 0 Å². The van der Waals surface area contributed by atoms with Crippen LogP contribution in [0.15, 0.2) is 12.2 Å². The van der Waals surface area contributed by atoms with Gasteiger partial charge >= 0.3 is 5.97 Å². The first-order chi connectivity index (χ1) is 8.80. The van der Waals surface area contributed by atoms with Crippen LogP contribution in [0.1, 0.15) is 27.2 Å². The molecule has 0 aromatic carbocycles. The maximum Gasteiger partial charge on any atom is 0.338 e. The van der Waals surface area contributed by atoms with E-state index in [0.717, 1.165) is 6.42 Å². The van der Waals surface area contributed by atoms with Gasteiger partial charge in [-0.25, -0.2) is 4.79 Å². The van der Waals surface area contributed by atoms with E-state index in [1.807, 2.05) is 12.2 Å². The summed E-state index contributed by atoms with van der Waals surface area (Å²) in [6.45, 7) is 5.06. The van der Waals surface area contributed by atoms with Crippen molar-refractivity contribution in [3.05, 3.63) is 12.2 Å². The molecule has 2 amide bonds. The first-order valence-corrected chi connectivity index (χ1v) is 6.59. The molecule has 0 radical (unpaired) electrons. The van der Waals surface area contributed by atoms with Crippen molar-refractivity contribution in [3.8, 4) is 0 Å². The van der Waals surface area contributed by atoms with Crippen molar-refractivity contribution in [1.29, 1.82) is 0 Å². The molecule has 1 saturated heterocycles. The maximum atomic E-state index is 12.2. The fourth-order valence-corrected chi connectivity index (χ4v) is 3.18. The summed E-state index contributed by atoms with van der Waals surface area (Å²) in [5.41, 5.74) is -0.741. The molecule has 2 fully saturated rings. The summed E-state index contributed by atoms with van der Waals surface area (Å²) in [4.78, 5) is 41.3. The monoisotopic (exact) mass is 263 g/mol. The van der Waals surface area contributed by atoms with Crippen LogP contribution >= 0.6 is 0 Å². The lowest BCUT2D eigenvalue weighted by atomic mass is 9.85. The molecule has 1 heterocycles. The van der Waals surface area contributed by atoms with Crippen molar-refractivity contribution >= 4 is 17.8 Å². The summed E-state index contributed by atoms with van der Waals surface area (Å²) in [5, 5.41) is 0.703. The highest BCUT2D eigenvalue weighted by molar-refractivity contribution is 6.06. The summed E-state index contributed by atoms with van der Waals surface area (Å²) < 4.78 is 0. The van der Waals surface area contributed by atoms with Crippen LogP contribution in [-0.4, -0.2) is 22.8 Å². The molecular weight excluding hydrogens is 246 g/mol. The Morgan fingerprint density at radius 2 is 1.63 bits per heavy atom. The number of hydroxylamine groups is 2. The summed E-state index contributed by atoms with van der Waals surface area (Å²) in [6, 6.07) is 0. The Labute approximate surface area is 111 Å². The fourth-order valence-electron chi connectivity index (χ4n) is 3.18. The smallest absolute Gasteiger partial charge is 0.330 e. The van der Waals surface area contributed by atoms with Crippen molar-refractivity contribution in [3.63, 3.8) is 0 Å². The van der Waals surface area contributed by atoms with Gasteiger partial charge in [-0.2, -0.15) is 0 Å². The number of amides is 2. The molecule has 0 aromatic heterocycles. The number of carbonyl (C=O) groups is 3. The summed E-state index contributed by atoms with van der Waals surface area (Å²) in [7, 11) is 0. The zero-order chi connectivity index (χ0) is 13.9. The lowest BCUT2D eigenvalue weighted by Gasteiger charge is -2.21. The van der Waals surface area contributed by atoms with Gasteiger partial charge in [0.2, 0.25) is 0 Å². The number of nitrogens with zero attached hydrogens (tertiary/aromatic N) is 1. The molecule has 2 bridgehead atoms. The van der Waals surface area contributed by atoms with E-state index in [1.54, 1.807) is 20.8 Å². The third-order valence-electron chi connectivity index (χ3n) is 4.22. The van der Waals surface area contributed by atoms with Crippen LogP contribution in [-0.2, 0) is 19.2 Å². The Morgan fingerprint density at radius 1 is 1.16 bits per heavy atom. The first kappa shape index (κ1) is 12.4. The molecule has 4 unspecified atom stereocenters. The van der Waals surface area contributed by atoms with Crippen molar-refractivity contribution in [2.45, 2.75) is 27.2 Å². The Bertz CT molecular complexity index is 472. The zero-order valence-corrected chi connectivity index (χ0v) is 11.3. The molecule has 1 aliphatic heterocycles. The number of imide groups is 1. The molecule has 0 aromatic rings. The first-order valence-electron chi connectivity index (χ1n) is 6.59. The quantitative estimate of drug-likeness (QED) is 0.528. The molecule has 5 nitrogen and oxygen atoms in total. The average molecular weight is 263 g/mol. The van der Waals surface area contributed by atoms with Gasteiger partial charge < -0.3 is 4.84 Å². The Kier molecular flexibility index (Phi) is 2.40. The van der Waals surface area contributed by atoms with E-state index in [2.05, 4.69) is 0 Å². The molecular formula is C14H17NO4. The predicted molar refractivity (Wildman–Crippen MR) is 65.1 cm³/mol. The highest BCUT2D eigenvalue weighted by Crippen LogP contribution is 2.52. The van der Waals surface area contributed by atoms with Crippen LogP contribution in [0.3, 0.4) is 0 Å². The maximum absolute atomic E-state index is 12.2. The van der Waals surface area contributed by atoms with Crippen LogP contribution < -0.4 is 0 Å². The highest BCUT2D eigenvalue weighted by Gasteiger charge is 2.61. The number of carbonyl (C=O) groups excluding carboxylic acids is 3. The summed E-state index contributed by atoms with van der Waals surface area (Å²) >= 11 is 0. The van der Waals surface area contributed by atoms with E-state index in [9.17, 15) is 14.4 Å². The van der Waals surface area contributed by atoms with Gasteiger partial charge in [-0.1, -0.05) is 12.2 Å². The molecule has 5 heteroatoms. The van der Waals surface area contributed by atoms with Gasteiger partial charge in [0, 0.05) is 0 Å². The second-order valence-electron chi connectivity index (χ2n) is 6.60. The van der Waals surface area contributed by atoms with Gasteiger partial charge in [-0.05, 0) is 39.0 Å². The highest BCUT2D eigenvalue weighted by atomic mass is 16.7. The minimum atomic E-state index is -0.741.